The predicted molar refractivity (Wildman–Crippen MR) is 77.2 cm³/mol. The van der Waals surface area contributed by atoms with Gasteiger partial charge in [-0.3, -0.25) is 13.8 Å². The summed E-state index contributed by atoms with van der Waals surface area (Å²) in [6.45, 7) is -0.298. The van der Waals surface area contributed by atoms with Gasteiger partial charge in [0.05, 0.1) is 11.4 Å². The number of nitrogen functional groups attached to an aromatic ring is 1. The Hall–Kier alpha value is -2.55. The molecule has 0 unspecified atom stereocenters. The molecule has 0 fully saturated rings. The highest BCUT2D eigenvalue weighted by molar-refractivity contribution is 7.93. The van der Waals surface area contributed by atoms with Crippen molar-refractivity contribution in [2.45, 2.75) is 4.90 Å². The number of amides is 1. The van der Waals surface area contributed by atoms with Gasteiger partial charge in [0, 0.05) is 13.2 Å². The number of hydrogen-bond donors (Lipinski definition) is 2. The van der Waals surface area contributed by atoms with E-state index in [1.807, 2.05) is 0 Å². The number of anilines is 3. The fourth-order valence-electron chi connectivity index (χ4n) is 2.22. The van der Waals surface area contributed by atoms with Gasteiger partial charge in [-0.05, 0) is 12.1 Å². The molecule has 0 saturated carbocycles. The SMILES string of the molecule is Cn1cc(S(=O)(=O)N2CC(=O)Nc3ccccc32)c(N)n1. The molecule has 0 atom stereocenters. The van der Waals surface area contributed by atoms with Crippen LogP contribution in [0.2, 0.25) is 0 Å². The Morgan fingerprint density at radius 2 is 2.05 bits per heavy atom. The first-order chi connectivity index (χ1) is 9.89. The third-order valence-electron chi connectivity index (χ3n) is 3.12. The minimum Gasteiger partial charge on any atom is -0.381 e. The van der Waals surface area contributed by atoms with Gasteiger partial charge >= 0.3 is 0 Å². The van der Waals surface area contributed by atoms with Crippen molar-refractivity contribution in [3.05, 3.63) is 30.5 Å². The van der Waals surface area contributed by atoms with E-state index in [0.717, 1.165) is 4.31 Å². The molecule has 9 heteroatoms. The van der Waals surface area contributed by atoms with E-state index in [2.05, 4.69) is 10.4 Å². The molecule has 1 aromatic heterocycles. The maximum atomic E-state index is 12.7. The van der Waals surface area contributed by atoms with Crippen LogP contribution in [-0.2, 0) is 21.9 Å². The van der Waals surface area contributed by atoms with E-state index >= 15 is 0 Å². The maximum absolute atomic E-state index is 12.7. The van der Waals surface area contributed by atoms with Crippen molar-refractivity contribution in [2.75, 3.05) is 21.9 Å². The van der Waals surface area contributed by atoms with Gasteiger partial charge in [0.1, 0.15) is 11.4 Å². The van der Waals surface area contributed by atoms with Gasteiger partial charge in [-0.15, -0.1) is 0 Å². The minimum absolute atomic E-state index is 0.0963. The second kappa shape index (κ2) is 4.48. The zero-order chi connectivity index (χ0) is 15.2. The largest absolute Gasteiger partial charge is 0.381 e. The molecule has 0 bridgehead atoms. The standard InChI is InChI=1S/C12H13N5O3S/c1-16-6-10(12(13)15-16)21(19,20)17-7-11(18)14-8-4-2-3-5-9(8)17/h2-6H,7H2,1H3,(H2,13,15)(H,14,18). The highest BCUT2D eigenvalue weighted by Crippen LogP contribution is 2.34. The average molecular weight is 307 g/mol. The predicted octanol–water partition coefficient (Wildman–Crippen LogP) is 0.150. The molecule has 0 saturated heterocycles. The first-order valence-electron chi connectivity index (χ1n) is 6.10. The number of nitrogens with one attached hydrogen (secondary N) is 1. The van der Waals surface area contributed by atoms with Gasteiger partial charge in [0.25, 0.3) is 10.0 Å². The van der Waals surface area contributed by atoms with Crippen molar-refractivity contribution in [2.24, 2.45) is 7.05 Å². The molecule has 1 aromatic carbocycles. The van der Waals surface area contributed by atoms with Gasteiger partial charge in [-0.1, -0.05) is 12.1 Å². The van der Waals surface area contributed by atoms with Crippen molar-refractivity contribution in [1.29, 1.82) is 0 Å². The van der Waals surface area contributed by atoms with Crippen LogP contribution in [0.25, 0.3) is 0 Å². The molecule has 3 N–H and O–H groups in total. The van der Waals surface area contributed by atoms with Crippen LogP contribution in [0.3, 0.4) is 0 Å². The van der Waals surface area contributed by atoms with Gasteiger partial charge in [0.15, 0.2) is 5.82 Å². The Kier molecular flexibility index (Phi) is 2.87. The fourth-order valence-corrected chi connectivity index (χ4v) is 3.75. The Morgan fingerprint density at radius 1 is 1.33 bits per heavy atom. The summed E-state index contributed by atoms with van der Waals surface area (Å²) in [5.74, 6) is -0.499. The van der Waals surface area contributed by atoms with Gasteiger partial charge < -0.3 is 11.1 Å². The molecule has 2 aromatic rings. The number of carbonyl (C=O) groups is 1. The topological polar surface area (TPSA) is 110 Å². The highest BCUT2D eigenvalue weighted by Gasteiger charge is 2.34. The lowest BCUT2D eigenvalue weighted by Crippen LogP contribution is -2.42. The molecule has 3 rings (SSSR count). The molecule has 21 heavy (non-hydrogen) atoms. The van der Waals surface area contributed by atoms with E-state index in [9.17, 15) is 13.2 Å². The van der Waals surface area contributed by atoms with Gasteiger partial charge in [-0.25, -0.2) is 8.42 Å². The fraction of sp³-hybridized carbons (Fsp3) is 0.167. The summed E-state index contributed by atoms with van der Waals surface area (Å²) in [5.41, 5.74) is 6.50. The number of benzene rings is 1. The summed E-state index contributed by atoms with van der Waals surface area (Å²) in [6.07, 6.45) is 1.32. The average Bonchev–Trinajstić information content (AvgIpc) is 2.77. The minimum atomic E-state index is -3.95. The first-order valence-corrected chi connectivity index (χ1v) is 7.54. The molecule has 1 aliphatic heterocycles. The van der Waals surface area contributed by atoms with Crippen molar-refractivity contribution in [3.8, 4) is 0 Å². The van der Waals surface area contributed by atoms with Crippen LogP contribution in [-0.4, -0.2) is 30.7 Å². The summed E-state index contributed by atoms with van der Waals surface area (Å²) in [4.78, 5) is 11.6. The lowest BCUT2D eigenvalue weighted by atomic mass is 10.2. The Bertz CT molecular complexity index is 827. The van der Waals surface area contributed by atoms with E-state index in [-0.39, 0.29) is 17.3 Å². The number of sulfonamides is 1. The number of fused-ring (bicyclic) bond motifs is 1. The number of hydrogen-bond acceptors (Lipinski definition) is 5. The molecule has 2 heterocycles. The number of nitrogens with zero attached hydrogens (tertiary/aromatic N) is 3. The van der Waals surface area contributed by atoms with Crippen LogP contribution in [0.4, 0.5) is 17.2 Å². The number of nitrogens with two attached hydrogens (primary N) is 1. The second-order valence-electron chi connectivity index (χ2n) is 4.63. The van der Waals surface area contributed by atoms with Crippen LogP contribution in [0, 0.1) is 0 Å². The zero-order valence-electron chi connectivity index (χ0n) is 11.1. The smallest absolute Gasteiger partial charge is 0.270 e. The van der Waals surface area contributed by atoms with Gasteiger partial charge in [0.2, 0.25) is 5.91 Å². The van der Waals surface area contributed by atoms with E-state index in [1.165, 1.54) is 10.9 Å². The summed E-state index contributed by atoms with van der Waals surface area (Å²) < 4.78 is 27.8. The summed E-state index contributed by atoms with van der Waals surface area (Å²) >= 11 is 0. The highest BCUT2D eigenvalue weighted by atomic mass is 32.2. The third kappa shape index (κ3) is 2.11. The van der Waals surface area contributed by atoms with Crippen LogP contribution in [0.5, 0.6) is 0 Å². The van der Waals surface area contributed by atoms with E-state index < -0.39 is 15.9 Å². The number of aryl methyl sites for hydroxylation is 1. The third-order valence-corrected chi connectivity index (χ3v) is 4.90. The van der Waals surface area contributed by atoms with E-state index in [0.29, 0.717) is 11.4 Å². The normalized spacial score (nSPS) is 14.7. The van der Waals surface area contributed by atoms with Crippen molar-refractivity contribution in [3.63, 3.8) is 0 Å². The van der Waals surface area contributed by atoms with Crippen LogP contribution in [0.1, 0.15) is 0 Å². The Balaban J connectivity index is 2.16. The van der Waals surface area contributed by atoms with Crippen molar-refractivity contribution in [1.82, 2.24) is 9.78 Å². The molecular weight excluding hydrogens is 294 g/mol. The lowest BCUT2D eigenvalue weighted by Gasteiger charge is -2.29. The molecule has 1 aliphatic rings. The summed E-state index contributed by atoms with van der Waals surface area (Å²) in [7, 11) is -2.38. The number of carbonyl (C=O) groups excluding carboxylic acids is 1. The lowest BCUT2D eigenvalue weighted by molar-refractivity contribution is -0.115. The molecule has 0 spiro atoms. The summed E-state index contributed by atoms with van der Waals surface area (Å²) in [5, 5.41) is 6.47. The number of aromatic nitrogens is 2. The zero-order valence-corrected chi connectivity index (χ0v) is 12.0. The van der Waals surface area contributed by atoms with Crippen molar-refractivity contribution < 1.29 is 13.2 Å². The summed E-state index contributed by atoms with van der Waals surface area (Å²) in [6, 6.07) is 6.68. The Labute approximate surface area is 121 Å². The molecule has 110 valence electrons. The van der Waals surface area contributed by atoms with E-state index in [1.54, 1.807) is 31.3 Å². The quantitative estimate of drug-likeness (QED) is 0.820. The van der Waals surface area contributed by atoms with Gasteiger partial charge in [-0.2, -0.15) is 5.10 Å². The first kappa shape index (κ1) is 13.4. The van der Waals surface area contributed by atoms with Crippen LogP contribution >= 0.6 is 0 Å². The number of rotatable bonds is 2. The molecule has 0 radical (unpaired) electrons. The molecular formula is C12H13N5O3S. The maximum Gasteiger partial charge on any atom is 0.270 e. The number of para-hydroxylation sites is 2. The van der Waals surface area contributed by atoms with Crippen LogP contribution < -0.4 is 15.4 Å². The van der Waals surface area contributed by atoms with Crippen molar-refractivity contribution >= 4 is 33.1 Å². The monoisotopic (exact) mass is 307 g/mol. The second-order valence-corrected chi connectivity index (χ2v) is 6.46. The van der Waals surface area contributed by atoms with Crippen LogP contribution in [0.15, 0.2) is 35.4 Å². The Morgan fingerprint density at radius 3 is 2.71 bits per heavy atom. The molecule has 1 amide bonds. The molecule has 0 aliphatic carbocycles. The van der Waals surface area contributed by atoms with E-state index in [4.69, 9.17) is 5.73 Å². The molecule has 8 nitrogen and oxygen atoms in total.